The van der Waals surface area contributed by atoms with Gasteiger partial charge in [-0.2, -0.15) is 0 Å². The van der Waals surface area contributed by atoms with Gasteiger partial charge in [-0.25, -0.2) is 0 Å². The second-order valence-electron chi connectivity index (χ2n) is 0.397. The van der Waals surface area contributed by atoms with Gasteiger partial charge >= 0.3 is 16.6 Å². The third-order valence-electron chi connectivity index (χ3n) is 0.103. The summed E-state index contributed by atoms with van der Waals surface area (Å²) < 4.78 is 4.20. The number of hydrogen-bond donors (Lipinski definition) is 0. The van der Waals surface area contributed by atoms with E-state index in [1.54, 1.807) is 0 Å². The summed E-state index contributed by atoms with van der Waals surface area (Å²) in [7, 11) is 0. The molecule has 0 fully saturated rings. The van der Waals surface area contributed by atoms with Crippen LogP contribution in [0.4, 0.5) is 0 Å². The maximum Gasteiger partial charge on any atom is 0.373 e. The third kappa shape index (κ3) is 5.07. The Morgan fingerprint density at radius 3 is 1.80 bits per heavy atom. The predicted molar refractivity (Wildman–Crippen MR) is 22.3 cm³/mol. The van der Waals surface area contributed by atoms with Crippen LogP contribution in [0, 0.1) is 0 Å². The molecule has 2 radical (unpaired) electrons. The molecule has 0 aromatic carbocycles. The van der Waals surface area contributed by atoms with E-state index in [-0.39, 0.29) is 0 Å². The molecule has 0 bridgehead atoms. The first-order valence-corrected chi connectivity index (χ1v) is 2.25. The number of hydrogen-bond acceptors (Lipinski definition) is 1. The SMILES string of the molecule is [Al][O]C(Cl)Cl. The number of rotatable bonds is 1. The van der Waals surface area contributed by atoms with E-state index in [2.05, 4.69) is 3.79 Å². The molecule has 5 heavy (non-hydrogen) atoms. The largest absolute Gasteiger partial charge is 0.492 e. The molecular formula is CHAlCl2O. The Labute approximate surface area is 49.0 Å². The lowest BCUT2D eigenvalue weighted by atomic mass is 11.7. The highest BCUT2D eigenvalue weighted by Crippen LogP contribution is 1.97. The van der Waals surface area contributed by atoms with Crippen molar-refractivity contribution in [3.05, 3.63) is 0 Å². The molecule has 0 saturated carbocycles. The summed E-state index contributed by atoms with van der Waals surface area (Å²) in [6, 6.07) is 0. The van der Waals surface area contributed by atoms with Gasteiger partial charge < -0.3 is 3.79 Å². The molecule has 0 aromatic rings. The lowest BCUT2D eigenvalue weighted by Crippen LogP contribution is -1.87. The predicted octanol–water partition coefficient (Wildman–Crippen LogP) is 0.848. The van der Waals surface area contributed by atoms with E-state index in [1.807, 2.05) is 16.6 Å². The van der Waals surface area contributed by atoms with Gasteiger partial charge in [0.2, 0.25) is 0 Å². The fourth-order valence-electron chi connectivity index (χ4n) is 0. The first kappa shape index (κ1) is 6.07. The molecule has 0 aliphatic heterocycles. The summed E-state index contributed by atoms with van der Waals surface area (Å²) >= 11 is 11.9. The van der Waals surface area contributed by atoms with Crippen molar-refractivity contribution in [3.63, 3.8) is 0 Å². The van der Waals surface area contributed by atoms with E-state index < -0.39 is 5.02 Å². The van der Waals surface area contributed by atoms with Crippen LogP contribution in [-0.2, 0) is 3.79 Å². The quantitative estimate of drug-likeness (QED) is 0.374. The first-order chi connectivity index (χ1) is 2.27. The first-order valence-electron chi connectivity index (χ1n) is 0.908. The highest BCUT2D eigenvalue weighted by atomic mass is 35.5. The van der Waals surface area contributed by atoms with Crippen molar-refractivity contribution in [1.82, 2.24) is 0 Å². The zero-order chi connectivity index (χ0) is 4.28. The molecule has 0 spiro atoms. The minimum atomic E-state index is -0.708. The van der Waals surface area contributed by atoms with E-state index in [1.165, 1.54) is 0 Å². The van der Waals surface area contributed by atoms with Crippen molar-refractivity contribution in [2.45, 2.75) is 5.02 Å². The Bertz CT molecular complexity index is 23.6. The summed E-state index contributed by atoms with van der Waals surface area (Å²) in [6.45, 7) is 0. The van der Waals surface area contributed by atoms with Gasteiger partial charge in [-0.05, 0) is 0 Å². The number of alkyl halides is 2. The minimum Gasteiger partial charge on any atom is -0.492 e. The summed E-state index contributed by atoms with van der Waals surface area (Å²) in [5, 5.41) is -0.708. The molecule has 0 aliphatic carbocycles. The van der Waals surface area contributed by atoms with E-state index in [9.17, 15) is 0 Å². The molecule has 0 atom stereocenters. The monoisotopic (exact) mass is 126 g/mol. The normalized spacial score (nSPS) is 9.40. The van der Waals surface area contributed by atoms with Gasteiger partial charge in [-0.1, -0.05) is 23.2 Å². The second-order valence-corrected chi connectivity index (χ2v) is 1.69. The van der Waals surface area contributed by atoms with Crippen LogP contribution < -0.4 is 0 Å². The Morgan fingerprint density at radius 2 is 1.80 bits per heavy atom. The zero-order valence-corrected chi connectivity index (χ0v) is 4.99. The molecule has 0 rings (SSSR count). The van der Waals surface area contributed by atoms with Crippen molar-refractivity contribution >= 4 is 39.8 Å². The fourth-order valence-corrected chi connectivity index (χ4v) is 0. The Balaban J connectivity index is 2.54. The standard InChI is InChI=1S/CHCl2O.Al/c2-1(3)4;/h1H;/q-1;+1. The van der Waals surface area contributed by atoms with Crippen LogP contribution in [-0.4, -0.2) is 21.6 Å². The third-order valence-corrected chi connectivity index (χ3v) is 0.926. The van der Waals surface area contributed by atoms with Crippen molar-refractivity contribution in [3.8, 4) is 0 Å². The summed E-state index contributed by atoms with van der Waals surface area (Å²) in [5.41, 5.74) is 0. The Morgan fingerprint density at radius 1 is 1.60 bits per heavy atom. The van der Waals surface area contributed by atoms with E-state index in [0.29, 0.717) is 0 Å². The molecule has 0 amide bonds. The molecule has 1 nitrogen and oxygen atoms in total. The van der Waals surface area contributed by atoms with Gasteiger partial charge in [-0.3, -0.25) is 0 Å². The van der Waals surface area contributed by atoms with Crippen LogP contribution in [0.25, 0.3) is 0 Å². The maximum atomic E-state index is 4.98. The molecular weight excluding hydrogens is 126 g/mol. The highest BCUT2D eigenvalue weighted by molar-refractivity contribution is 6.44. The molecule has 0 unspecified atom stereocenters. The van der Waals surface area contributed by atoms with Crippen molar-refractivity contribution in [2.24, 2.45) is 0 Å². The van der Waals surface area contributed by atoms with Gasteiger partial charge in [-0.15, -0.1) is 0 Å². The average Bonchev–Trinajstić information content (AvgIpc) is 1.38. The van der Waals surface area contributed by atoms with Crippen LogP contribution in [0.15, 0.2) is 0 Å². The van der Waals surface area contributed by atoms with Crippen molar-refractivity contribution in [2.75, 3.05) is 0 Å². The highest BCUT2D eigenvalue weighted by Gasteiger charge is 1.84. The van der Waals surface area contributed by atoms with Crippen molar-refractivity contribution < 1.29 is 3.79 Å². The second kappa shape index (κ2) is 3.27. The van der Waals surface area contributed by atoms with Crippen LogP contribution in [0.1, 0.15) is 0 Å². The molecule has 0 aromatic heterocycles. The summed E-state index contributed by atoms with van der Waals surface area (Å²) in [4.78, 5) is 0. The van der Waals surface area contributed by atoms with Gasteiger partial charge in [0.1, 0.15) is 0 Å². The lowest BCUT2D eigenvalue weighted by Gasteiger charge is -1.92. The maximum absolute atomic E-state index is 4.98. The molecule has 0 saturated heterocycles. The van der Waals surface area contributed by atoms with Gasteiger partial charge in [0, 0.05) is 0 Å². The smallest absolute Gasteiger partial charge is 0.373 e. The summed E-state index contributed by atoms with van der Waals surface area (Å²) in [5.74, 6) is 0. The molecule has 0 N–H and O–H groups in total. The topological polar surface area (TPSA) is 9.23 Å². The van der Waals surface area contributed by atoms with E-state index in [4.69, 9.17) is 23.2 Å². The molecule has 0 aliphatic rings. The van der Waals surface area contributed by atoms with E-state index >= 15 is 0 Å². The van der Waals surface area contributed by atoms with Gasteiger partial charge in [0.25, 0.3) is 0 Å². The fraction of sp³-hybridized carbons (Fsp3) is 1.00. The molecule has 28 valence electrons. The van der Waals surface area contributed by atoms with Crippen LogP contribution in [0.5, 0.6) is 0 Å². The minimum absolute atomic E-state index is 0.708. The Kier molecular flexibility index (Phi) is 3.97. The van der Waals surface area contributed by atoms with Crippen LogP contribution in [0.2, 0.25) is 0 Å². The lowest BCUT2D eigenvalue weighted by molar-refractivity contribution is 0.392. The Hall–Kier alpha value is 1.07. The molecule has 4 heteroatoms. The summed E-state index contributed by atoms with van der Waals surface area (Å²) in [6.07, 6.45) is 0. The zero-order valence-electron chi connectivity index (χ0n) is 2.32. The average molecular weight is 127 g/mol. The van der Waals surface area contributed by atoms with Gasteiger partial charge in [0.05, 0.1) is 0 Å². The number of halogens is 2. The van der Waals surface area contributed by atoms with Crippen LogP contribution >= 0.6 is 23.2 Å². The van der Waals surface area contributed by atoms with E-state index in [0.717, 1.165) is 0 Å². The van der Waals surface area contributed by atoms with Crippen molar-refractivity contribution in [1.29, 1.82) is 0 Å². The molecule has 0 heterocycles. The van der Waals surface area contributed by atoms with Crippen LogP contribution in [0.3, 0.4) is 0 Å². The van der Waals surface area contributed by atoms with Gasteiger partial charge in [0.15, 0.2) is 5.02 Å².